The van der Waals surface area contributed by atoms with E-state index in [1.54, 1.807) is 43.3 Å². The van der Waals surface area contributed by atoms with Crippen molar-refractivity contribution in [2.75, 3.05) is 11.1 Å². The fourth-order valence-electron chi connectivity index (χ4n) is 4.53. The summed E-state index contributed by atoms with van der Waals surface area (Å²) in [5.74, 6) is -0.381. The molecular formula is C26H26FN5O3. The summed E-state index contributed by atoms with van der Waals surface area (Å²) < 4.78 is 18.8. The van der Waals surface area contributed by atoms with Gasteiger partial charge in [-0.15, -0.1) is 0 Å². The highest BCUT2D eigenvalue weighted by atomic mass is 19.1. The molecule has 0 aliphatic heterocycles. The molecule has 1 fully saturated rings. The van der Waals surface area contributed by atoms with Crippen LogP contribution >= 0.6 is 0 Å². The van der Waals surface area contributed by atoms with E-state index in [-0.39, 0.29) is 34.0 Å². The van der Waals surface area contributed by atoms with Crippen molar-refractivity contribution in [2.45, 2.75) is 39.2 Å². The van der Waals surface area contributed by atoms with Gasteiger partial charge < -0.3 is 11.1 Å². The number of hydrogen-bond acceptors (Lipinski definition) is 5. The first-order valence-corrected chi connectivity index (χ1v) is 11.5. The molecule has 1 aliphatic rings. The summed E-state index contributed by atoms with van der Waals surface area (Å²) in [5, 5.41) is 3.11. The number of aryl methyl sites for hydroxylation is 2. The molecule has 0 saturated heterocycles. The van der Waals surface area contributed by atoms with Crippen LogP contribution < -0.4 is 27.9 Å². The minimum absolute atomic E-state index is 0.121. The van der Waals surface area contributed by atoms with Crippen molar-refractivity contribution in [3.63, 3.8) is 0 Å². The van der Waals surface area contributed by atoms with E-state index in [4.69, 9.17) is 5.73 Å². The maximum atomic E-state index is 14.9. The number of benzene rings is 2. The van der Waals surface area contributed by atoms with Gasteiger partial charge in [-0.05, 0) is 62.1 Å². The van der Waals surface area contributed by atoms with Gasteiger partial charge in [-0.1, -0.05) is 19.1 Å². The number of nitrogens with two attached hydrogens (primary N) is 1. The molecule has 0 spiro atoms. The quantitative estimate of drug-likeness (QED) is 0.430. The lowest BCUT2D eigenvalue weighted by Gasteiger charge is -2.20. The molecule has 0 amide bonds. The molecule has 5 rings (SSSR count). The lowest BCUT2D eigenvalue weighted by atomic mass is 10.1. The van der Waals surface area contributed by atoms with Crippen LogP contribution in [-0.4, -0.2) is 13.7 Å². The lowest BCUT2D eigenvalue weighted by Crippen LogP contribution is -2.41. The van der Waals surface area contributed by atoms with Crippen LogP contribution in [0.1, 0.15) is 36.9 Å². The third kappa shape index (κ3) is 3.63. The van der Waals surface area contributed by atoms with Crippen molar-refractivity contribution in [1.29, 1.82) is 0 Å². The fourth-order valence-corrected chi connectivity index (χ4v) is 4.53. The van der Waals surface area contributed by atoms with Gasteiger partial charge in [-0.25, -0.2) is 9.18 Å². The number of rotatable bonds is 5. The number of nitrogens with zero attached hydrogens (tertiary/aromatic N) is 3. The van der Waals surface area contributed by atoms with E-state index in [0.717, 1.165) is 5.56 Å². The average molecular weight is 476 g/mol. The van der Waals surface area contributed by atoms with Gasteiger partial charge in [-0.3, -0.25) is 23.3 Å². The summed E-state index contributed by atoms with van der Waals surface area (Å²) >= 11 is 0. The Hall–Kier alpha value is -4.14. The largest absolute Gasteiger partial charge is 0.399 e. The van der Waals surface area contributed by atoms with Gasteiger partial charge in [0.1, 0.15) is 17.0 Å². The highest BCUT2D eigenvalue weighted by molar-refractivity contribution is 5.93. The molecule has 1 saturated carbocycles. The third-order valence-electron chi connectivity index (χ3n) is 6.58. The number of aromatic nitrogens is 3. The van der Waals surface area contributed by atoms with Gasteiger partial charge in [0, 0.05) is 24.3 Å². The van der Waals surface area contributed by atoms with Crippen LogP contribution in [-0.2, 0) is 13.5 Å². The number of pyridine rings is 1. The van der Waals surface area contributed by atoms with Gasteiger partial charge >= 0.3 is 5.69 Å². The van der Waals surface area contributed by atoms with Gasteiger partial charge in [0.05, 0.1) is 16.9 Å². The Bertz CT molecular complexity index is 1680. The number of fused-ring (bicyclic) bond motifs is 1. The van der Waals surface area contributed by atoms with Crippen molar-refractivity contribution in [2.24, 2.45) is 7.05 Å². The monoisotopic (exact) mass is 475 g/mol. The van der Waals surface area contributed by atoms with E-state index >= 15 is 0 Å². The fraction of sp³-hybridized carbons (Fsp3) is 0.269. The van der Waals surface area contributed by atoms with Crippen LogP contribution in [0.2, 0.25) is 0 Å². The molecule has 2 aromatic heterocycles. The van der Waals surface area contributed by atoms with E-state index in [0.29, 0.717) is 30.6 Å². The Kier molecular flexibility index (Phi) is 5.35. The van der Waals surface area contributed by atoms with Gasteiger partial charge in [0.15, 0.2) is 0 Å². The molecule has 4 aromatic rings. The van der Waals surface area contributed by atoms with E-state index in [9.17, 15) is 18.8 Å². The van der Waals surface area contributed by atoms with E-state index < -0.39 is 22.6 Å². The van der Waals surface area contributed by atoms with Crippen LogP contribution in [0.3, 0.4) is 0 Å². The Labute approximate surface area is 200 Å². The second kappa shape index (κ2) is 8.26. The molecule has 8 nitrogen and oxygen atoms in total. The Morgan fingerprint density at radius 3 is 2.46 bits per heavy atom. The topological polar surface area (TPSA) is 104 Å². The minimum Gasteiger partial charge on any atom is -0.399 e. The van der Waals surface area contributed by atoms with E-state index in [1.165, 1.54) is 26.8 Å². The van der Waals surface area contributed by atoms with Crippen molar-refractivity contribution in [1.82, 2.24) is 13.7 Å². The molecule has 2 aromatic carbocycles. The summed E-state index contributed by atoms with van der Waals surface area (Å²) in [6.07, 6.45) is 2.08. The molecular weight excluding hydrogens is 449 g/mol. The zero-order valence-corrected chi connectivity index (χ0v) is 19.8. The second-order valence-electron chi connectivity index (χ2n) is 8.97. The zero-order valence-electron chi connectivity index (χ0n) is 19.8. The number of anilines is 3. The Morgan fingerprint density at radius 2 is 1.83 bits per heavy atom. The van der Waals surface area contributed by atoms with E-state index in [1.807, 2.05) is 6.92 Å². The van der Waals surface area contributed by atoms with Crippen molar-refractivity contribution >= 4 is 28.1 Å². The summed E-state index contributed by atoms with van der Waals surface area (Å²) in [5.41, 5.74) is 6.77. The number of halogens is 1. The van der Waals surface area contributed by atoms with Gasteiger partial charge in [-0.2, -0.15) is 0 Å². The highest BCUT2D eigenvalue weighted by Gasteiger charge is 2.31. The highest BCUT2D eigenvalue weighted by Crippen LogP contribution is 2.34. The molecule has 9 heteroatoms. The molecule has 0 unspecified atom stereocenters. The number of hydrogen-bond donors (Lipinski definition) is 2. The van der Waals surface area contributed by atoms with Crippen LogP contribution in [0, 0.1) is 12.7 Å². The molecule has 3 N–H and O–H groups in total. The van der Waals surface area contributed by atoms with Crippen molar-refractivity contribution < 1.29 is 4.39 Å². The molecule has 0 radical (unpaired) electrons. The smallest absolute Gasteiger partial charge is 0.336 e. The molecule has 2 heterocycles. The lowest BCUT2D eigenvalue weighted by molar-refractivity contribution is 0.629. The summed E-state index contributed by atoms with van der Waals surface area (Å²) in [6.45, 7) is 3.50. The molecule has 35 heavy (non-hydrogen) atoms. The summed E-state index contributed by atoms with van der Waals surface area (Å²) in [6, 6.07) is 11.3. The predicted octanol–water partition coefficient (Wildman–Crippen LogP) is 3.52. The van der Waals surface area contributed by atoms with Gasteiger partial charge in [0.25, 0.3) is 11.1 Å². The second-order valence-corrected chi connectivity index (χ2v) is 8.97. The first-order valence-electron chi connectivity index (χ1n) is 11.5. The maximum absolute atomic E-state index is 14.9. The number of nitrogen functional groups attached to an aromatic ring is 1. The maximum Gasteiger partial charge on any atom is 0.336 e. The Morgan fingerprint density at radius 1 is 1.09 bits per heavy atom. The SMILES string of the molecule is CCc1ccc(Nc2c3c(=O)n(C4CC4)c(=O)n(-c4cccc(N)c4)c3c(C)c(=O)n2C)c(F)c1. The third-order valence-corrected chi connectivity index (χ3v) is 6.58. The molecule has 0 bridgehead atoms. The standard InChI is InChI=1S/C26H26FN5O3/c1-4-15-8-11-20(19(27)12-15)29-23-21-22(14(2)24(33)30(23)3)31(18-7-5-6-16(28)13-18)26(35)32(25(21)34)17-9-10-17/h5-8,11-13,17,29H,4,9-10,28H2,1-3H3. The first-order chi connectivity index (χ1) is 16.7. The average Bonchev–Trinajstić information content (AvgIpc) is 3.66. The van der Waals surface area contributed by atoms with Crippen LogP contribution in [0.15, 0.2) is 56.8 Å². The van der Waals surface area contributed by atoms with Crippen LogP contribution in [0.5, 0.6) is 0 Å². The molecule has 1 aliphatic carbocycles. The van der Waals surface area contributed by atoms with Crippen molar-refractivity contribution in [3.05, 3.63) is 90.6 Å². The number of nitrogens with one attached hydrogen (secondary N) is 1. The molecule has 0 atom stereocenters. The zero-order chi connectivity index (χ0) is 25.0. The predicted molar refractivity (Wildman–Crippen MR) is 136 cm³/mol. The summed E-state index contributed by atoms with van der Waals surface area (Å²) in [4.78, 5) is 40.7. The summed E-state index contributed by atoms with van der Waals surface area (Å²) in [7, 11) is 1.52. The van der Waals surface area contributed by atoms with Crippen LogP contribution in [0.4, 0.5) is 21.6 Å². The normalized spacial score (nSPS) is 13.4. The minimum atomic E-state index is -0.531. The van der Waals surface area contributed by atoms with Crippen LogP contribution in [0.25, 0.3) is 16.6 Å². The van der Waals surface area contributed by atoms with Gasteiger partial charge in [0.2, 0.25) is 0 Å². The van der Waals surface area contributed by atoms with Crippen molar-refractivity contribution in [3.8, 4) is 5.69 Å². The molecule has 180 valence electrons. The first kappa shape index (κ1) is 22.6. The van der Waals surface area contributed by atoms with E-state index in [2.05, 4.69) is 5.32 Å². The Balaban J connectivity index is 1.92.